The highest BCUT2D eigenvalue weighted by atomic mass is 19.4. The van der Waals surface area contributed by atoms with E-state index in [2.05, 4.69) is 4.98 Å². The largest absolute Gasteiger partial charge is 0.478 e. The molecular weight excluding hydrogens is 256 g/mol. The first-order valence-electron chi connectivity index (χ1n) is 3.93. The first-order valence-corrected chi connectivity index (χ1v) is 3.93. The standard InChI is InChI=1S/C8H3F6NO2/c9-5(10)3-1-2(8(12,13)14)4(7(16)17)6(11)15-3/h1,5H,(H,16,17). The Morgan fingerprint density at radius 3 is 2.24 bits per heavy atom. The summed E-state index contributed by atoms with van der Waals surface area (Å²) in [4.78, 5) is 12.9. The van der Waals surface area contributed by atoms with Crippen LogP contribution in [0.25, 0.3) is 0 Å². The molecule has 3 nitrogen and oxygen atoms in total. The van der Waals surface area contributed by atoms with Crippen molar-refractivity contribution >= 4 is 5.97 Å². The van der Waals surface area contributed by atoms with Gasteiger partial charge in [-0.25, -0.2) is 18.6 Å². The van der Waals surface area contributed by atoms with Gasteiger partial charge in [0.1, 0.15) is 11.3 Å². The number of halogens is 6. The molecule has 0 fully saturated rings. The maximum atomic E-state index is 12.9. The van der Waals surface area contributed by atoms with Gasteiger partial charge in [0.2, 0.25) is 5.95 Å². The molecule has 17 heavy (non-hydrogen) atoms. The third-order valence-electron chi connectivity index (χ3n) is 1.74. The van der Waals surface area contributed by atoms with E-state index >= 15 is 0 Å². The Balaban J connectivity index is 3.57. The lowest BCUT2D eigenvalue weighted by atomic mass is 10.1. The van der Waals surface area contributed by atoms with Crippen LogP contribution in [0.3, 0.4) is 0 Å². The monoisotopic (exact) mass is 259 g/mol. The van der Waals surface area contributed by atoms with Gasteiger partial charge in [-0.1, -0.05) is 0 Å². The second-order valence-corrected chi connectivity index (χ2v) is 2.86. The highest BCUT2D eigenvalue weighted by Gasteiger charge is 2.39. The molecule has 1 rings (SSSR count). The van der Waals surface area contributed by atoms with Crippen molar-refractivity contribution in [2.24, 2.45) is 0 Å². The molecule has 0 bridgehead atoms. The number of carbonyl (C=O) groups is 1. The topological polar surface area (TPSA) is 50.2 Å². The molecule has 0 atom stereocenters. The zero-order chi connectivity index (χ0) is 13.4. The molecule has 0 aromatic carbocycles. The molecule has 0 aliphatic rings. The van der Waals surface area contributed by atoms with Crippen LogP contribution >= 0.6 is 0 Å². The van der Waals surface area contributed by atoms with Gasteiger partial charge >= 0.3 is 12.1 Å². The van der Waals surface area contributed by atoms with Crippen LogP contribution in [0.1, 0.15) is 28.0 Å². The maximum absolute atomic E-state index is 12.9. The average molecular weight is 259 g/mol. The molecule has 0 spiro atoms. The van der Waals surface area contributed by atoms with Crippen molar-refractivity contribution in [1.82, 2.24) is 4.98 Å². The van der Waals surface area contributed by atoms with E-state index in [-0.39, 0.29) is 6.07 Å². The fourth-order valence-electron chi connectivity index (χ4n) is 1.07. The predicted molar refractivity (Wildman–Crippen MR) is 41.1 cm³/mol. The minimum atomic E-state index is -5.26. The van der Waals surface area contributed by atoms with Gasteiger partial charge in [-0.05, 0) is 6.07 Å². The molecule has 0 radical (unpaired) electrons. The molecule has 0 unspecified atom stereocenters. The highest BCUT2D eigenvalue weighted by Crippen LogP contribution is 2.34. The summed E-state index contributed by atoms with van der Waals surface area (Å²) < 4.78 is 74.1. The van der Waals surface area contributed by atoms with E-state index in [9.17, 15) is 31.1 Å². The van der Waals surface area contributed by atoms with Gasteiger partial charge in [0.25, 0.3) is 6.43 Å². The van der Waals surface area contributed by atoms with Gasteiger partial charge in [-0.3, -0.25) is 0 Å². The van der Waals surface area contributed by atoms with Crippen molar-refractivity contribution in [3.05, 3.63) is 28.8 Å². The molecule has 1 aromatic heterocycles. The van der Waals surface area contributed by atoms with Crippen molar-refractivity contribution in [2.75, 3.05) is 0 Å². The fraction of sp³-hybridized carbons (Fsp3) is 0.250. The summed E-state index contributed by atoms with van der Waals surface area (Å²) in [6.45, 7) is 0. The van der Waals surface area contributed by atoms with E-state index in [1.54, 1.807) is 0 Å². The van der Waals surface area contributed by atoms with Crippen LogP contribution < -0.4 is 0 Å². The number of aromatic carboxylic acids is 1. The van der Waals surface area contributed by atoms with Gasteiger partial charge in [0, 0.05) is 0 Å². The van der Waals surface area contributed by atoms with Gasteiger partial charge in [-0.15, -0.1) is 0 Å². The number of hydrogen-bond acceptors (Lipinski definition) is 2. The Hall–Kier alpha value is -1.80. The number of aromatic nitrogens is 1. The van der Waals surface area contributed by atoms with Gasteiger partial charge in [0.05, 0.1) is 5.56 Å². The van der Waals surface area contributed by atoms with Crippen molar-refractivity contribution < 1.29 is 36.2 Å². The summed E-state index contributed by atoms with van der Waals surface area (Å²) in [7, 11) is 0. The fourth-order valence-corrected chi connectivity index (χ4v) is 1.07. The maximum Gasteiger partial charge on any atom is 0.417 e. The van der Waals surface area contributed by atoms with Crippen LogP contribution in [-0.2, 0) is 6.18 Å². The summed E-state index contributed by atoms with van der Waals surface area (Å²) in [5.74, 6) is -4.33. The number of carboxylic acids is 1. The van der Waals surface area contributed by atoms with E-state index in [0.29, 0.717) is 0 Å². The van der Waals surface area contributed by atoms with Crippen molar-refractivity contribution in [2.45, 2.75) is 12.6 Å². The molecule has 0 saturated carbocycles. The number of rotatable bonds is 2. The van der Waals surface area contributed by atoms with E-state index in [4.69, 9.17) is 5.11 Å². The summed E-state index contributed by atoms with van der Waals surface area (Å²) in [5, 5.41) is 8.37. The van der Waals surface area contributed by atoms with Crippen molar-refractivity contribution in [3.63, 3.8) is 0 Å². The highest BCUT2D eigenvalue weighted by molar-refractivity contribution is 5.89. The average Bonchev–Trinajstić information content (AvgIpc) is 2.14. The van der Waals surface area contributed by atoms with Gasteiger partial charge in [-0.2, -0.15) is 17.6 Å². The van der Waals surface area contributed by atoms with Crippen LogP contribution in [-0.4, -0.2) is 16.1 Å². The molecule has 94 valence electrons. The quantitative estimate of drug-likeness (QED) is 0.656. The van der Waals surface area contributed by atoms with Crippen molar-refractivity contribution in [3.8, 4) is 0 Å². The number of carboxylic acid groups (broad SMARTS) is 1. The molecular formula is C8H3F6NO2. The second kappa shape index (κ2) is 4.22. The van der Waals surface area contributed by atoms with Crippen LogP contribution in [0.5, 0.6) is 0 Å². The third kappa shape index (κ3) is 2.66. The Kier molecular flexibility index (Phi) is 3.30. The van der Waals surface area contributed by atoms with E-state index < -0.39 is 41.3 Å². The van der Waals surface area contributed by atoms with Crippen LogP contribution in [0, 0.1) is 5.95 Å². The molecule has 0 amide bonds. The first kappa shape index (κ1) is 13.3. The van der Waals surface area contributed by atoms with Crippen LogP contribution in [0.15, 0.2) is 6.07 Å². The van der Waals surface area contributed by atoms with E-state index in [0.717, 1.165) is 0 Å². The van der Waals surface area contributed by atoms with E-state index in [1.807, 2.05) is 0 Å². The van der Waals surface area contributed by atoms with E-state index in [1.165, 1.54) is 0 Å². The third-order valence-corrected chi connectivity index (χ3v) is 1.74. The number of nitrogens with zero attached hydrogens (tertiary/aromatic N) is 1. The summed E-state index contributed by atoms with van der Waals surface area (Å²) in [5.41, 5.74) is -5.24. The zero-order valence-corrected chi connectivity index (χ0v) is 7.73. The summed E-state index contributed by atoms with van der Waals surface area (Å²) in [6, 6.07) is -0.183. The Bertz CT molecular complexity index is 456. The number of hydrogen-bond donors (Lipinski definition) is 1. The Morgan fingerprint density at radius 2 is 1.88 bits per heavy atom. The molecule has 9 heteroatoms. The first-order chi connectivity index (χ1) is 7.64. The van der Waals surface area contributed by atoms with Gasteiger partial charge in [0.15, 0.2) is 0 Å². The Labute approximate surface area is 89.7 Å². The number of alkyl halides is 5. The lowest BCUT2D eigenvalue weighted by molar-refractivity contribution is -0.138. The predicted octanol–water partition coefficient (Wildman–Crippen LogP) is 2.88. The van der Waals surface area contributed by atoms with Crippen molar-refractivity contribution in [1.29, 1.82) is 0 Å². The molecule has 0 aliphatic heterocycles. The lowest BCUT2D eigenvalue weighted by Crippen LogP contribution is -2.17. The molecule has 1 N–H and O–H groups in total. The normalized spacial score (nSPS) is 11.9. The Morgan fingerprint density at radius 1 is 1.35 bits per heavy atom. The summed E-state index contributed by atoms with van der Waals surface area (Å²) >= 11 is 0. The molecule has 1 aromatic rings. The minimum Gasteiger partial charge on any atom is -0.478 e. The number of pyridine rings is 1. The second-order valence-electron chi connectivity index (χ2n) is 2.86. The SMILES string of the molecule is O=C(O)c1c(C(F)(F)F)cc(C(F)F)nc1F. The summed E-state index contributed by atoms with van der Waals surface area (Å²) in [6.07, 6.45) is -8.70. The molecule has 1 heterocycles. The van der Waals surface area contributed by atoms with Crippen LogP contribution in [0.2, 0.25) is 0 Å². The molecule has 0 saturated heterocycles. The van der Waals surface area contributed by atoms with Crippen LogP contribution in [0.4, 0.5) is 26.3 Å². The van der Waals surface area contributed by atoms with Gasteiger partial charge < -0.3 is 5.11 Å². The minimum absolute atomic E-state index is 0.183. The lowest BCUT2D eigenvalue weighted by Gasteiger charge is -2.12. The molecule has 0 aliphatic carbocycles. The smallest absolute Gasteiger partial charge is 0.417 e. The zero-order valence-electron chi connectivity index (χ0n) is 7.73.